The number of nitrogens with zero attached hydrogens (tertiary/aromatic N) is 2. The number of alkyl halides is 3. The highest BCUT2D eigenvalue weighted by Crippen LogP contribution is 2.33. The van der Waals surface area contributed by atoms with Crippen LogP contribution in [-0.2, 0) is 4.79 Å². The molecule has 1 unspecified atom stereocenters. The van der Waals surface area contributed by atoms with Gasteiger partial charge in [0.25, 0.3) is 11.8 Å². The Morgan fingerprint density at radius 2 is 1.93 bits per heavy atom. The van der Waals surface area contributed by atoms with Crippen LogP contribution in [0.15, 0.2) is 18.2 Å². The van der Waals surface area contributed by atoms with Crippen LogP contribution in [0.3, 0.4) is 0 Å². The minimum absolute atomic E-state index is 0.0687. The molecule has 1 aromatic carbocycles. The lowest BCUT2D eigenvalue weighted by Gasteiger charge is -2.43. The molecule has 0 aromatic heterocycles. The Labute approximate surface area is 164 Å². The van der Waals surface area contributed by atoms with Gasteiger partial charge in [-0.05, 0) is 37.5 Å². The van der Waals surface area contributed by atoms with Crippen molar-refractivity contribution >= 4 is 23.4 Å². The van der Waals surface area contributed by atoms with E-state index in [1.54, 1.807) is 6.92 Å². The number of carbonyl (C=O) groups excluding carboxylic acids is 2. The minimum atomic E-state index is -5.09. The quantitative estimate of drug-likeness (QED) is 0.758. The maximum Gasteiger partial charge on any atom is 0.426 e. The van der Waals surface area contributed by atoms with E-state index >= 15 is 0 Å². The van der Waals surface area contributed by atoms with Crippen molar-refractivity contribution in [1.29, 1.82) is 0 Å². The molecule has 1 heterocycles. The number of hydrogen-bond donors (Lipinski definition) is 1. The van der Waals surface area contributed by atoms with Gasteiger partial charge in [-0.2, -0.15) is 13.2 Å². The number of piperidine rings is 1. The molecule has 1 aromatic rings. The molecular weight excluding hydrogens is 404 g/mol. The maximum absolute atomic E-state index is 14.0. The Morgan fingerprint density at radius 1 is 1.32 bits per heavy atom. The second-order valence-corrected chi connectivity index (χ2v) is 7.63. The molecule has 0 radical (unpaired) electrons. The first-order valence-corrected chi connectivity index (χ1v) is 8.96. The molecule has 0 bridgehead atoms. The number of aliphatic hydroxyl groups is 1. The van der Waals surface area contributed by atoms with Crippen molar-refractivity contribution in [2.45, 2.75) is 38.1 Å². The second kappa shape index (κ2) is 7.87. The van der Waals surface area contributed by atoms with E-state index in [4.69, 9.17) is 11.6 Å². The van der Waals surface area contributed by atoms with Gasteiger partial charge in [-0.3, -0.25) is 9.59 Å². The van der Waals surface area contributed by atoms with Crippen molar-refractivity contribution in [3.05, 3.63) is 34.6 Å². The van der Waals surface area contributed by atoms with Gasteiger partial charge < -0.3 is 14.9 Å². The normalized spacial score (nSPS) is 22.5. The van der Waals surface area contributed by atoms with E-state index in [0.717, 1.165) is 11.0 Å². The smallest absolute Gasteiger partial charge is 0.373 e. The van der Waals surface area contributed by atoms with E-state index in [1.165, 1.54) is 24.1 Å². The molecule has 0 saturated carbocycles. The van der Waals surface area contributed by atoms with Crippen molar-refractivity contribution < 1.29 is 32.3 Å². The summed E-state index contributed by atoms with van der Waals surface area (Å²) in [6.07, 6.45) is -4.90. The highest BCUT2D eigenvalue weighted by molar-refractivity contribution is 6.30. The molecule has 5 nitrogen and oxygen atoms in total. The van der Waals surface area contributed by atoms with E-state index in [-0.39, 0.29) is 36.0 Å². The molecule has 1 aliphatic heterocycles. The molecule has 0 spiro atoms. The van der Waals surface area contributed by atoms with Crippen LogP contribution >= 0.6 is 11.6 Å². The molecule has 156 valence electrons. The number of rotatable bonds is 3. The van der Waals surface area contributed by atoms with E-state index in [2.05, 4.69) is 0 Å². The van der Waals surface area contributed by atoms with Crippen molar-refractivity contribution in [3.63, 3.8) is 0 Å². The summed E-state index contributed by atoms with van der Waals surface area (Å²) in [5.41, 5.74) is -3.65. The Hall–Kier alpha value is -1.87. The molecule has 1 N–H and O–H groups in total. The number of hydrogen-bond acceptors (Lipinski definition) is 3. The summed E-state index contributed by atoms with van der Waals surface area (Å²) in [7, 11) is 1.47. The Morgan fingerprint density at radius 3 is 2.43 bits per heavy atom. The summed E-state index contributed by atoms with van der Waals surface area (Å²) >= 11 is 5.68. The van der Waals surface area contributed by atoms with Gasteiger partial charge >= 0.3 is 6.18 Å². The van der Waals surface area contributed by atoms with Gasteiger partial charge in [-0.25, -0.2) is 4.39 Å². The summed E-state index contributed by atoms with van der Waals surface area (Å²) in [5.74, 6) is -3.17. The first kappa shape index (κ1) is 22.4. The molecule has 1 aliphatic rings. The zero-order valence-electron chi connectivity index (χ0n) is 15.6. The lowest BCUT2D eigenvalue weighted by Crippen LogP contribution is -2.60. The van der Waals surface area contributed by atoms with Crippen LogP contribution in [0.25, 0.3) is 0 Å². The van der Waals surface area contributed by atoms with E-state index < -0.39 is 35.5 Å². The fraction of sp³-hybridized carbons (Fsp3) is 0.556. The van der Waals surface area contributed by atoms with E-state index in [9.17, 15) is 32.3 Å². The van der Waals surface area contributed by atoms with Crippen LogP contribution in [0.5, 0.6) is 0 Å². The molecule has 1 saturated heterocycles. The second-order valence-electron chi connectivity index (χ2n) is 7.19. The van der Waals surface area contributed by atoms with Gasteiger partial charge in [-0.1, -0.05) is 18.5 Å². The molecule has 10 heteroatoms. The lowest BCUT2D eigenvalue weighted by atomic mass is 9.90. The highest BCUT2D eigenvalue weighted by atomic mass is 35.5. The average Bonchev–Trinajstić information content (AvgIpc) is 2.58. The summed E-state index contributed by atoms with van der Waals surface area (Å²) < 4.78 is 52.7. The van der Waals surface area contributed by atoms with Gasteiger partial charge in [-0.15, -0.1) is 0 Å². The Balaban J connectivity index is 2.11. The summed E-state index contributed by atoms with van der Waals surface area (Å²) in [6, 6.07) is 3.25. The predicted molar refractivity (Wildman–Crippen MR) is 94.3 cm³/mol. The third-order valence-corrected chi connectivity index (χ3v) is 5.33. The van der Waals surface area contributed by atoms with Crippen LogP contribution < -0.4 is 0 Å². The molecule has 28 heavy (non-hydrogen) atoms. The fourth-order valence-corrected chi connectivity index (χ4v) is 3.48. The van der Waals surface area contributed by atoms with Crippen molar-refractivity contribution in [2.24, 2.45) is 5.92 Å². The molecule has 1 fully saturated rings. The van der Waals surface area contributed by atoms with Crippen LogP contribution in [0, 0.1) is 11.7 Å². The largest absolute Gasteiger partial charge is 0.426 e. The Bertz CT molecular complexity index is 770. The first-order chi connectivity index (χ1) is 12.8. The van der Waals surface area contributed by atoms with Gasteiger partial charge in [0, 0.05) is 31.2 Å². The molecule has 0 aliphatic carbocycles. The summed E-state index contributed by atoms with van der Waals surface area (Å²) in [4.78, 5) is 27.0. The lowest BCUT2D eigenvalue weighted by molar-refractivity contribution is -0.251. The van der Waals surface area contributed by atoms with E-state index in [1.807, 2.05) is 0 Å². The topological polar surface area (TPSA) is 60.9 Å². The highest BCUT2D eigenvalue weighted by Gasteiger charge is 2.57. The molecule has 2 amide bonds. The molecule has 2 rings (SSSR count). The number of benzene rings is 1. The van der Waals surface area contributed by atoms with Gasteiger partial charge in [0.2, 0.25) is 5.60 Å². The summed E-state index contributed by atoms with van der Waals surface area (Å²) in [5, 5.41) is 9.74. The third kappa shape index (κ3) is 4.25. The number of halogens is 5. The maximum atomic E-state index is 14.0. The zero-order valence-corrected chi connectivity index (χ0v) is 16.3. The van der Waals surface area contributed by atoms with Crippen LogP contribution in [0.4, 0.5) is 17.6 Å². The van der Waals surface area contributed by atoms with Crippen molar-refractivity contribution in [2.75, 3.05) is 20.1 Å². The van der Waals surface area contributed by atoms with Crippen LogP contribution in [0.2, 0.25) is 5.02 Å². The number of carbonyl (C=O) groups is 2. The standard InChI is InChI=1S/C18H21ClF4N2O3/c1-10-9-25(16(27)17(2,28)18(21,22)23)7-6-14(10)24(3)15(26)12-5-4-11(19)8-13(12)20/h4-5,8,10,14,28H,6-7,9H2,1-3H3/t10-,14+,17?/m0/s1. The monoisotopic (exact) mass is 424 g/mol. The summed E-state index contributed by atoms with van der Waals surface area (Å²) in [6.45, 7) is 1.96. The average molecular weight is 425 g/mol. The SMILES string of the molecule is C[C@H]1CN(C(=O)C(C)(O)C(F)(F)F)CC[C@H]1N(C)C(=O)c1ccc(Cl)cc1F. The van der Waals surface area contributed by atoms with Crippen molar-refractivity contribution in [1.82, 2.24) is 9.80 Å². The molecule has 3 atom stereocenters. The minimum Gasteiger partial charge on any atom is -0.373 e. The molecular formula is C18H21ClF4N2O3. The first-order valence-electron chi connectivity index (χ1n) is 8.58. The number of amides is 2. The van der Waals surface area contributed by atoms with Crippen molar-refractivity contribution in [3.8, 4) is 0 Å². The predicted octanol–water partition coefficient (Wildman–Crippen LogP) is 3.10. The van der Waals surface area contributed by atoms with Gasteiger partial charge in [0.05, 0.1) is 5.56 Å². The van der Waals surface area contributed by atoms with Gasteiger partial charge in [0.15, 0.2) is 0 Å². The number of likely N-dealkylation sites (tertiary alicyclic amines) is 1. The fourth-order valence-electron chi connectivity index (χ4n) is 3.33. The zero-order chi connectivity index (χ0) is 21.4. The van der Waals surface area contributed by atoms with E-state index in [0.29, 0.717) is 6.92 Å². The van der Waals surface area contributed by atoms with Crippen LogP contribution in [-0.4, -0.2) is 64.7 Å². The third-order valence-electron chi connectivity index (χ3n) is 5.09. The Kier molecular flexibility index (Phi) is 6.30. The van der Waals surface area contributed by atoms with Gasteiger partial charge in [0.1, 0.15) is 5.82 Å². The van der Waals surface area contributed by atoms with Crippen LogP contribution in [0.1, 0.15) is 30.6 Å².